The molecular formula is C13H22N2O2S2. The molecule has 1 aromatic rings. The third-order valence-electron chi connectivity index (χ3n) is 3.73. The fourth-order valence-electron chi connectivity index (χ4n) is 2.25. The summed E-state index contributed by atoms with van der Waals surface area (Å²) >= 11 is 1.61. The predicted octanol–water partition coefficient (Wildman–Crippen LogP) is 1.60. The monoisotopic (exact) mass is 302 g/mol. The molecule has 0 amide bonds. The van der Waals surface area contributed by atoms with Crippen LogP contribution in [0.15, 0.2) is 17.5 Å². The fourth-order valence-corrected chi connectivity index (χ4v) is 4.29. The molecule has 0 atom stereocenters. The van der Waals surface area contributed by atoms with Crippen LogP contribution in [0.25, 0.3) is 0 Å². The number of piperidine rings is 1. The zero-order valence-corrected chi connectivity index (χ0v) is 12.9. The van der Waals surface area contributed by atoms with Crippen molar-refractivity contribution in [2.45, 2.75) is 26.2 Å². The van der Waals surface area contributed by atoms with Crippen LogP contribution in [0.1, 0.15) is 24.6 Å². The van der Waals surface area contributed by atoms with Crippen molar-refractivity contribution in [1.82, 2.24) is 10.0 Å². The van der Waals surface area contributed by atoms with Crippen LogP contribution < -0.4 is 10.0 Å². The summed E-state index contributed by atoms with van der Waals surface area (Å²) in [5.41, 5.74) is 0.0985. The van der Waals surface area contributed by atoms with Gasteiger partial charge in [-0.3, -0.25) is 0 Å². The lowest BCUT2D eigenvalue weighted by molar-refractivity contribution is 0.232. The van der Waals surface area contributed by atoms with Crippen LogP contribution in [0.4, 0.5) is 0 Å². The van der Waals surface area contributed by atoms with Gasteiger partial charge in [-0.1, -0.05) is 13.0 Å². The highest BCUT2D eigenvalue weighted by molar-refractivity contribution is 7.89. The molecule has 6 heteroatoms. The van der Waals surface area contributed by atoms with Gasteiger partial charge < -0.3 is 5.32 Å². The number of sulfonamides is 1. The molecule has 2 N–H and O–H groups in total. The van der Waals surface area contributed by atoms with Crippen LogP contribution in [0, 0.1) is 5.41 Å². The summed E-state index contributed by atoms with van der Waals surface area (Å²) in [5.74, 6) is 0.182. The number of rotatable bonds is 6. The van der Waals surface area contributed by atoms with Crippen LogP contribution in [0.2, 0.25) is 0 Å². The van der Waals surface area contributed by atoms with Gasteiger partial charge in [-0.25, -0.2) is 13.1 Å². The lowest BCUT2D eigenvalue weighted by atomic mass is 9.81. The van der Waals surface area contributed by atoms with E-state index < -0.39 is 10.0 Å². The first kappa shape index (κ1) is 15.0. The molecule has 19 heavy (non-hydrogen) atoms. The van der Waals surface area contributed by atoms with Crippen LogP contribution in [-0.2, 0) is 16.4 Å². The fraction of sp³-hybridized carbons (Fsp3) is 0.692. The Kier molecular flexibility index (Phi) is 5.00. The van der Waals surface area contributed by atoms with E-state index in [1.807, 2.05) is 17.5 Å². The SMILES string of the molecule is CC1(CNS(=O)(=O)CCc2cccs2)CCNCC1. The molecular weight excluding hydrogens is 280 g/mol. The standard InChI is InChI=1S/C13H22N2O2S2/c1-13(5-7-14-8-6-13)11-15-19(16,17)10-4-12-3-2-9-18-12/h2-3,9,14-15H,4-8,10-11H2,1H3. The maximum atomic E-state index is 12.0. The summed E-state index contributed by atoms with van der Waals surface area (Å²) in [6.07, 6.45) is 2.66. The first-order valence-electron chi connectivity index (χ1n) is 6.70. The lowest BCUT2D eigenvalue weighted by Gasteiger charge is -2.34. The Morgan fingerprint density at radius 3 is 2.79 bits per heavy atom. The minimum absolute atomic E-state index is 0.0985. The summed E-state index contributed by atoms with van der Waals surface area (Å²) in [6, 6.07) is 3.93. The lowest BCUT2D eigenvalue weighted by Crippen LogP contribution is -2.43. The smallest absolute Gasteiger partial charge is 0.211 e. The Hall–Kier alpha value is -0.430. The Morgan fingerprint density at radius 1 is 1.42 bits per heavy atom. The normalized spacial score (nSPS) is 19.4. The van der Waals surface area contributed by atoms with Gasteiger partial charge in [0.2, 0.25) is 10.0 Å². The molecule has 0 aliphatic carbocycles. The molecule has 1 aliphatic heterocycles. The van der Waals surface area contributed by atoms with Crippen molar-refractivity contribution in [3.05, 3.63) is 22.4 Å². The second-order valence-corrected chi connectivity index (χ2v) is 8.49. The van der Waals surface area contributed by atoms with E-state index in [2.05, 4.69) is 17.0 Å². The maximum absolute atomic E-state index is 12.0. The molecule has 4 nitrogen and oxygen atoms in total. The summed E-state index contributed by atoms with van der Waals surface area (Å²) in [6.45, 7) is 4.68. The molecule has 1 saturated heterocycles. The van der Waals surface area contributed by atoms with Gasteiger partial charge in [0.05, 0.1) is 5.75 Å². The van der Waals surface area contributed by atoms with Crippen molar-refractivity contribution < 1.29 is 8.42 Å². The summed E-state index contributed by atoms with van der Waals surface area (Å²) in [7, 11) is -3.16. The Bertz CT molecular complexity index is 477. The van der Waals surface area contributed by atoms with E-state index in [9.17, 15) is 8.42 Å². The van der Waals surface area contributed by atoms with Gasteiger partial charge in [-0.05, 0) is 49.2 Å². The van der Waals surface area contributed by atoms with Crippen molar-refractivity contribution in [2.24, 2.45) is 5.41 Å². The third-order valence-corrected chi connectivity index (χ3v) is 5.99. The van der Waals surface area contributed by atoms with E-state index in [0.29, 0.717) is 13.0 Å². The van der Waals surface area contributed by atoms with Gasteiger partial charge in [0.1, 0.15) is 0 Å². The van der Waals surface area contributed by atoms with Gasteiger partial charge in [-0.2, -0.15) is 0 Å². The Labute approximate surface area is 119 Å². The second-order valence-electron chi connectivity index (χ2n) is 5.53. The van der Waals surface area contributed by atoms with Gasteiger partial charge in [0.25, 0.3) is 0 Å². The van der Waals surface area contributed by atoms with E-state index in [1.165, 1.54) is 0 Å². The molecule has 0 spiro atoms. The average molecular weight is 302 g/mol. The minimum Gasteiger partial charge on any atom is -0.317 e. The zero-order valence-electron chi connectivity index (χ0n) is 11.3. The number of aryl methyl sites for hydroxylation is 1. The van der Waals surface area contributed by atoms with Gasteiger partial charge in [0.15, 0.2) is 0 Å². The van der Waals surface area contributed by atoms with Crippen molar-refractivity contribution in [3.63, 3.8) is 0 Å². The van der Waals surface area contributed by atoms with Crippen molar-refractivity contribution >= 4 is 21.4 Å². The first-order valence-corrected chi connectivity index (χ1v) is 9.23. The molecule has 0 unspecified atom stereocenters. The molecule has 0 bridgehead atoms. The summed E-state index contributed by atoms with van der Waals surface area (Å²) in [5, 5.41) is 5.28. The average Bonchev–Trinajstić information content (AvgIpc) is 2.89. The number of hydrogen-bond donors (Lipinski definition) is 2. The third kappa shape index (κ3) is 4.87. The first-order chi connectivity index (χ1) is 8.99. The zero-order chi connectivity index (χ0) is 13.8. The Balaban J connectivity index is 1.80. The molecule has 108 valence electrons. The molecule has 1 aromatic heterocycles. The molecule has 0 saturated carbocycles. The van der Waals surface area contributed by atoms with Gasteiger partial charge in [-0.15, -0.1) is 11.3 Å². The van der Waals surface area contributed by atoms with E-state index >= 15 is 0 Å². The Morgan fingerprint density at radius 2 is 2.16 bits per heavy atom. The predicted molar refractivity (Wildman–Crippen MR) is 80.0 cm³/mol. The van der Waals surface area contributed by atoms with E-state index in [1.54, 1.807) is 11.3 Å². The van der Waals surface area contributed by atoms with Gasteiger partial charge >= 0.3 is 0 Å². The summed E-state index contributed by atoms with van der Waals surface area (Å²) in [4.78, 5) is 1.12. The molecule has 0 aromatic carbocycles. The molecule has 0 radical (unpaired) electrons. The van der Waals surface area contributed by atoms with Crippen LogP contribution in [0.3, 0.4) is 0 Å². The molecule has 1 aliphatic rings. The van der Waals surface area contributed by atoms with E-state index in [-0.39, 0.29) is 11.2 Å². The quantitative estimate of drug-likeness (QED) is 0.839. The number of thiophene rings is 1. The summed E-state index contributed by atoms with van der Waals surface area (Å²) < 4.78 is 26.8. The van der Waals surface area contributed by atoms with Crippen molar-refractivity contribution in [2.75, 3.05) is 25.4 Å². The molecule has 1 fully saturated rings. The maximum Gasteiger partial charge on any atom is 0.211 e. The minimum atomic E-state index is -3.16. The highest BCUT2D eigenvalue weighted by Crippen LogP contribution is 2.26. The highest BCUT2D eigenvalue weighted by Gasteiger charge is 2.28. The van der Waals surface area contributed by atoms with Crippen LogP contribution >= 0.6 is 11.3 Å². The second kappa shape index (κ2) is 6.35. The van der Waals surface area contributed by atoms with Gasteiger partial charge in [0, 0.05) is 11.4 Å². The van der Waals surface area contributed by atoms with Crippen molar-refractivity contribution in [1.29, 1.82) is 0 Å². The highest BCUT2D eigenvalue weighted by atomic mass is 32.2. The van der Waals surface area contributed by atoms with E-state index in [4.69, 9.17) is 0 Å². The van der Waals surface area contributed by atoms with E-state index in [0.717, 1.165) is 30.8 Å². The van der Waals surface area contributed by atoms with Crippen molar-refractivity contribution in [3.8, 4) is 0 Å². The van der Waals surface area contributed by atoms with Crippen LogP contribution in [-0.4, -0.2) is 33.8 Å². The van der Waals surface area contributed by atoms with Crippen LogP contribution in [0.5, 0.6) is 0 Å². The molecule has 2 heterocycles. The molecule has 2 rings (SSSR count). The largest absolute Gasteiger partial charge is 0.317 e. The topological polar surface area (TPSA) is 58.2 Å². The number of hydrogen-bond acceptors (Lipinski definition) is 4. The number of nitrogens with one attached hydrogen (secondary N) is 2.